The van der Waals surface area contributed by atoms with Crippen LogP contribution in [0.25, 0.3) is 0 Å². The predicted octanol–water partition coefficient (Wildman–Crippen LogP) is 1.20. The molecule has 6 nitrogen and oxygen atoms in total. The minimum Gasteiger partial charge on any atom is -0.480 e. The summed E-state index contributed by atoms with van der Waals surface area (Å²) in [5.74, 6) is -0.907. The fourth-order valence-corrected chi connectivity index (χ4v) is 2.74. The fourth-order valence-electron chi connectivity index (χ4n) is 2.74. The number of aliphatic carboxylic acids is 1. The van der Waals surface area contributed by atoms with Crippen molar-refractivity contribution in [1.29, 1.82) is 0 Å². The molecular formula is C13H22N2O4. The molecule has 2 fully saturated rings. The fraction of sp³-hybridized carbons (Fsp3) is 0.846. The Morgan fingerprint density at radius 2 is 2.11 bits per heavy atom. The van der Waals surface area contributed by atoms with Crippen LogP contribution in [0.15, 0.2) is 0 Å². The molecule has 108 valence electrons. The second-order valence-electron chi connectivity index (χ2n) is 5.24. The van der Waals surface area contributed by atoms with Gasteiger partial charge >= 0.3 is 12.0 Å². The lowest BCUT2D eigenvalue weighted by atomic mass is 9.89. The van der Waals surface area contributed by atoms with Gasteiger partial charge in [0.15, 0.2) is 0 Å². The van der Waals surface area contributed by atoms with Crippen LogP contribution in [-0.2, 0) is 9.53 Å². The van der Waals surface area contributed by atoms with Gasteiger partial charge in [-0.05, 0) is 39.0 Å². The number of carboxylic acid groups (broad SMARTS) is 1. The van der Waals surface area contributed by atoms with Crippen molar-refractivity contribution in [3.8, 4) is 0 Å². The second-order valence-corrected chi connectivity index (χ2v) is 5.24. The number of carboxylic acids is 1. The summed E-state index contributed by atoms with van der Waals surface area (Å²) in [4.78, 5) is 24.7. The Bertz CT molecular complexity index is 342. The maximum Gasteiger partial charge on any atom is 0.326 e. The van der Waals surface area contributed by atoms with Crippen molar-refractivity contribution in [2.24, 2.45) is 0 Å². The quantitative estimate of drug-likeness (QED) is 0.804. The van der Waals surface area contributed by atoms with E-state index in [4.69, 9.17) is 9.84 Å². The molecule has 2 aliphatic rings. The zero-order chi connectivity index (χ0) is 13.8. The van der Waals surface area contributed by atoms with Gasteiger partial charge in [-0.25, -0.2) is 9.59 Å². The van der Waals surface area contributed by atoms with Gasteiger partial charge in [-0.3, -0.25) is 0 Å². The van der Waals surface area contributed by atoms with Crippen LogP contribution in [0.2, 0.25) is 0 Å². The molecule has 1 atom stereocenters. The molecule has 0 radical (unpaired) electrons. The van der Waals surface area contributed by atoms with Crippen molar-refractivity contribution in [1.82, 2.24) is 10.2 Å². The highest BCUT2D eigenvalue weighted by atomic mass is 16.5. The van der Waals surface area contributed by atoms with E-state index in [1.165, 1.54) is 4.90 Å². The van der Waals surface area contributed by atoms with E-state index in [0.717, 1.165) is 25.7 Å². The first-order valence-corrected chi connectivity index (χ1v) is 7.03. The number of rotatable bonds is 4. The summed E-state index contributed by atoms with van der Waals surface area (Å²) >= 11 is 0. The molecule has 1 saturated carbocycles. The van der Waals surface area contributed by atoms with E-state index in [9.17, 15) is 9.59 Å². The topological polar surface area (TPSA) is 78.9 Å². The molecule has 0 aromatic heterocycles. The average Bonchev–Trinajstić information content (AvgIpc) is 2.36. The molecule has 1 saturated heterocycles. The van der Waals surface area contributed by atoms with Crippen molar-refractivity contribution >= 4 is 12.0 Å². The second kappa shape index (κ2) is 6.23. The zero-order valence-electron chi connectivity index (χ0n) is 11.3. The number of nitrogens with zero attached hydrogens (tertiary/aromatic N) is 1. The molecule has 1 aliphatic heterocycles. The maximum atomic E-state index is 12.1. The molecule has 1 heterocycles. The van der Waals surface area contributed by atoms with Gasteiger partial charge in [0.05, 0.1) is 6.10 Å². The van der Waals surface area contributed by atoms with E-state index in [0.29, 0.717) is 19.6 Å². The number of ether oxygens (including phenoxy) is 1. The number of hydrogen-bond donors (Lipinski definition) is 2. The van der Waals surface area contributed by atoms with Gasteiger partial charge in [0.1, 0.15) is 6.04 Å². The summed E-state index contributed by atoms with van der Waals surface area (Å²) in [6, 6.07) is -0.788. The Labute approximate surface area is 113 Å². The molecule has 2 amide bonds. The molecule has 19 heavy (non-hydrogen) atoms. The molecule has 1 aliphatic carbocycles. The van der Waals surface area contributed by atoms with E-state index < -0.39 is 12.0 Å². The van der Waals surface area contributed by atoms with Gasteiger partial charge in [-0.2, -0.15) is 0 Å². The summed E-state index contributed by atoms with van der Waals surface area (Å²) in [5.41, 5.74) is 0. The zero-order valence-corrected chi connectivity index (χ0v) is 11.3. The third kappa shape index (κ3) is 3.37. The van der Waals surface area contributed by atoms with E-state index in [1.807, 2.05) is 6.92 Å². The third-order valence-electron chi connectivity index (χ3n) is 3.87. The van der Waals surface area contributed by atoms with E-state index in [1.54, 1.807) is 0 Å². The number of urea groups is 1. The van der Waals surface area contributed by atoms with Crippen molar-refractivity contribution in [3.63, 3.8) is 0 Å². The van der Waals surface area contributed by atoms with Gasteiger partial charge in [0.2, 0.25) is 0 Å². The molecule has 0 aromatic rings. The minimum absolute atomic E-state index is 0.125. The Morgan fingerprint density at radius 3 is 2.74 bits per heavy atom. The molecule has 2 N–H and O–H groups in total. The highest BCUT2D eigenvalue weighted by Crippen LogP contribution is 2.24. The van der Waals surface area contributed by atoms with Crippen molar-refractivity contribution < 1.29 is 19.4 Å². The molecular weight excluding hydrogens is 248 g/mol. The summed E-state index contributed by atoms with van der Waals surface area (Å²) in [7, 11) is 0. The smallest absolute Gasteiger partial charge is 0.326 e. The first-order chi connectivity index (χ1) is 9.11. The first-order valence-electron chi connectivity index (χ1n) is 7.03. The number of carbonyl (C=O) groups excluding carboxylic acids is 1. The van der Waals surface area contributed by atoms with E-state index >= 15 is 0 Å². The Kier molecular flexibility index (Phi) is 4.63. The third-order valence-corrected chi connectivity index (χ3v) is 3.87. The Balaban J connectivity index is 1.80. The number of likely N-dealkylation sites (tertiary alicyclic amines) is 1. The Hall–Kier alpha value is -1.30. The Morgan fingerprint density at radius 1 is 1.37 bits per heavy atom. The van der Waals surface area contributed by atoms with Crippen LogP contribution in [0.3, 0.4) is 0 Å². The van der Waals surface area contributed by atoms with E-state index in [2.05, 4.69) is 5.32 Å². The van der Waals surface area contributed by atoms with Crippen LogP contribution < -0.4 is 5.32 Å². The highest BCUT2D eigenvalue weighted by Gasteiger charge is 2.36. The molecule has 1 unspecified atom stereocenters. The van der Waals surface area contributed by atoms with Crippen LogP contribution in [0, 0.1) is 0 Å². The van der Waals surface area contributed by atoms with Crippen molar-refractivity contribution in [2.75, 3.05) is 13.2 Å². The van der Waals surface area contributed by atoms with Gasteiger partial charge < -0.3 is 20.1 Å². The van der Waals surface area contributed by atoms with Crippen LogP contribution in [0.1, 0.15) is 39.0 Å². The van der Waals surface area contributed by atoms with Crippen LogP contribution in [0.5, 0.6) is 0 Å². The average molecular weight is 270 g/mol. The lowest BCUT2D eigenvalue weighted by Crippen LogP contribution is -2.56. The normalized spacial score (nSPS) is 30.6. The molecule has 0 bridgehead atoms. The van der Waals surface area contributed by atoms with Crippen LogP contribution >= 0.6 is 0 Å². The molecule has 2 rings (SSSR count). The number of piperidine rings is 1. The van der Waals surface area contributed by atoms with Crippen LogP contribution in [0.4, 0.5) is 4.79 Å². The van der Waals surface area contributed by atoms with Gasteiger partial charge in [-0.15, -0.1) is 0 Å². The van der Waals surface area contributed by atoms with Crippen molar-refractivity contribution in [2.45, 2.75) is 57.2 Å². The van der Waals surface area contributed by atoms with Crippen LogP contribution in [-0.4, -0.2) is 53.3 Å². The van der Waals surface area contributed by atoms with E-state index in [-0.39, 0.29) is 18.2 Å². The number of carbonyl (C=O) groups is 2. The highest BCUT2D eigenvalue weighted by molar-refractivity contribution is 5.83. The largest absolute Gasteiger partial charge is 0.480 e. The summed E-state index contributed by atoms with van der Waals surface area (Å²) in [5, 5.41) is 12.0. The lowest BCUT2D eigenvalue weighted by molar-refractivity contribution is -0.143. The minimum atomic E-state index is -0.907. The summed E-state index contributed by atoms with van der Waals surface area (Å²) < 4.78 is 5.44. The van der Waals surface area contributed by atoms with Gasteiger partial charge in [-0.1, -0.05) is 0 Å². The summed E-state index contributed by atoms with van der Waals surface area (Å²) in [6.07, 6.45) is 4.19. The molecule has 0 spiro atoms. The monoisotopic (exact) mass is 270 g/mol. The van der Waals surface area contributed by atoms with Crippen molar-refractivity contribution in [3.05, 3.63) is 0 Å². The number of amides is 2. The maximum absolute atomic E-state index is 12.1. The molecule has 6 heteroatoms. The lowest BCUT2D eigenvalue weighted by Gasteiger charge is -2.39. The summed E-state index contributed by atoms with van der Waals surface area (Å²) in [6.45, 7) is 3.18. The van der Waals surface area contributed by atoms with Gasteiger partial charge in [0.25, 0.3) is 0 Å². The van der Waals surface area contributed by atoms with Gasteiger partial charge in [0, 0.05) is 19.2 Å². The number of hydrogen-bond acceptors (Lipinski definition) is 3. The number of nitrogens with one attached hydrogen (secondary N) is 1. The first kappa shape index (κ1) is 14.1. The predicted molar refractivity (Wildman–Crippen MR) is 68.9 cm³/mol. The SMILES string of the molecule is CCOC1CC(NC(=O)N2CCCCC2C(=O)O)C1. The standard InChI is InChI=1S/C13H22N2O4/c1-2-19-10-7-9(8-10)14-13(18)15-6-4-3-5-11(15)12(16)17/h9-11H,2-8H2,1H3,(H,14,18)(H,16,17). The molecule has 0 aromatic carbocycles.